The number of rotatable bonds is 16. The van der Waals surface area contributed by atoms with Gasteiger partial charge in [0.25, 0.3) is 0 Å². The van der Waals surface area contributed by atoms with Crippen molar-refractivity contribution in [1.29, 1.82) is 0 Å². The standard InChI is InChI=1S/C64H84Si5/c1-43(2)31-47-37-59-57(29-27-55(45-23-19-17-20-24-45)63(59)49-33-51(66(5,6)7)39-52(34-49)67(8,9)10)61(47)41-65-42-62-48(32-44(3)4)38-60-58(62)30-28-56(46-25-21-18-22-26-46)64(60)50-35-53(68(11,12)13)40-54(36-50)69(14,15)16/h17-30,33-40,43-44,61-62H,31-32,41-42,65H2,1-16H3. The zero-order valence-electron chi connectivity index (χ0n) is 45.5. The third kappa shape index (κ3) is 11.2. The molecule has 69 heavy (non-hydrogen) atoms. The molecule has 0 aromatic heterocycles. The van der Waals surface area contributed by atoms with Crippen LogP contribution in [0.25, 0.3) is 56.7 Å². The fourth-order valence-corrected chi connectivity index (χ4v) is 18.7. The summed E-state index contributed by atoms with van der Waals surface area (Å²) >= 11 is 0. The van der Waals surface area contributed by atoms with Crippen LogP contribution in [0, 0.1) is 11.8 Å². The highest BCUT2D eigenvalue weighted by molar-refractivity contribution is 6.92. The Morgan fingerprint density at radius 2 is 0.710 bits per heavy atom. The van der Waals surface area contributed by atoms with Crippen molar-refractivity contribution in [3.05, 3.63) is 155 Å². The first kappa shape index (κ1) is 51.2. The SMILES string of the molecule is CC(C)CC1=Cc2c(ccc(-c3ccccc3)c2-c2cc([Si](C)(C)C)cc([Si](C)(C)C)c2)C1C[SiH2]CC1C(CC(C)C)=Cc2c1ccc(-c1ccccc1)c2-c1cc([Si](C)(C)C)cc([Si](C)(C)C)c1. The topological polar surface area (TPSA) is 0 Å². The maximum atomic E-state index is 2.70. The van der Waals surface area contributed by atoms with Gasteiger partial charge in [0.15, 0.2) is 0 Å². The van der Waals surface area contributed by atoms with Gasteiger partial charge in [-0.15, -0.1) is 0 Å². The van der Waals surface area contributed by atoms with E-state index >= 15 is 0 Å². The van der Waals surface area contributed by atoms with Crippen LogP contribution in [-0.2, 0) is 0 Å². The molecule has 2 unspecified atom stereocenters. The fraction of sp³-hybridized carbons (Fsp3) is 0.375. The molecule has 0 aliphatic heterocycles. The molecule has 6 aromatic carbocycles. The predicted molar refractivity (Wildman–Crippen MR) is 325 cm³/mol. The van der Waals surface area contributed by atoms with Crippen LogP contribution < -0.4 is 20.7 Å². The Balaban J connectivity index is 1.23. The Morgan fingerprint density at radius 3 is 1.00 bits per heavy atom. The first-order valence-corrected chi connectivity index (χ1v) is 42.6. The van der Waals surface area contributed by atoms with Crippen molar-refractivity contribution in [2.24, 2.45) is 11.8 Å². The lowest BCUT2D eigenvalue weighted by atomic mass is 9.86. The minimum atomic E-state index is -1.60. The predicted octanol–water partition coefficient (Wildman–Crippen LogP) is 16.3. The summed E-state index contributed by atoms with van der Waals surface area (Å²) in [4.78, 5) is 0. The van der Waals surface area contributed by atoms with E-state index in [1.165, 1.54) is 67.7 Å². The van der Waals surface area contributed by atoms with Gasteiger partial charge in [0, 0.05) is 21.4 Å². The lowest BCUT2D eigenvalue weighted by Crippen LogP contribution is -2.45. The highest BCUT2D eigenvalue weighted by Gasteiger charge is 2.34. The molecule has 0 N–H and O–H groups in total. The van der Waals surface area contributed by atoms with E-state index in [-0.39, 0.29) is 0 Å². The Bertz CT molecular complexity index is 2630. The van der Waals surface area contributed by atoms with Crippen molar-refractivity contribution < 1.29 is 0 Å². The molecular formula is C64H84Si5. The van der Waals surface area contributed by atoms with E-state index in [0.717, 1.165) is 12.8 Å². The van der Waals surface area contributed by atoms with Crippen molar-refractivity contribution in [2.75, 3.05) is 0 Å². The molecule has 5 heteroatoms. The van der Waals surface area contributed by atoms with E-state index in [0.29, 0.717) is 23.7 Å². The first-order chi connectivity index (χ1) is 32.4. The highest BCUT2D eigenvalue weighted by atomic mass is 28.3. The largest absolute Gasteiger partial charge is 0.0776 e. The molecule has 6 aromatic rings. The van der Waals surface area contributed by atoms with Gasteiger partial charge >= 0.3 is 0 Å². The van der Waals surface area contributed by atoms with Crippen LogP contribution in [0.2, 0.25) is 90.7 Å². The second-order valence-electron chi connectivity index (χ2n) is 26.0. The molecule has 0 saturated carbocycles. The summed E-state index contributed by atoms with van der Waals surface area (Å²) in [5.74, 6) is 2.21. The van der Waals surface area contributed by atoms with Crippen LogP contribution in [0.1, 0.15) is 74.6 Å². The smallest absolute Gasteiger partial charge is 0.0656 e. The second-order valence-corrected chi connectivity index (χ2v) is 48.2. The van der Waals surface area contributed by atoms with Crippen molar-refractivity contribution >= 4 is 74.7 Å². The Labute approximate surface area is 426 Å². The number of hydrogen-bond donors (Lipinski definition) is 0. The van der Waals surface area contributed by atoms with Crippen LogP contribution in [0.5, 0.6) is 0 Å². The minimum absolute atomic E-state index is 0.489. The number of hydrogen-bond acceptors (Lipinski definition) is 0. The van der Waals surface area contributed by atoms with Crippen molar-refractivity contribution in [3.63, 3.8) is 0 Å². The highest BCUT2D eigenvalue weighted by Crippen LogP contribution is 2.51. The number of benzene rings is 6. The van der Waals surface area contributed by atoms with Crippen LogP contribution in [-0.4, -0.2) is 41.8 Å². The summed E-state index contributed by atoms with van der Waals surface area (Å²) in [5, 5.41) is 6.35. The van der Waals surface area contributed by atoms with Gasteiger partial charge in [0.1, 0.15) is 0 Å². The van der Waals surface area contributed by atoms with Gasteiger partial charge in [0.05, 0.1) is 32.3 Å². The van der Waals surface area contributed by atoms with Gasteiger partial charge in [0.2, 0.25) is 0 Å². The molecule has 0 spiro atoms. The van der Waals surface area contributed by atoms with Gasteiger partial charge in [-0.25, -0.2) is 0 Å². The van der Waals surface area contributed by atoms with Crippen LogP contribution in [0.4, 0.5) is 0 Å². The third-order valence-electron chi connectivity index (χ3n) is 15.2. The molecule has 0 radical (unpaired) electrons. The van der Waals surface area contributed by atoms with E-state index in [1.807, 2.05) is 0 Å². The molecule has 0 bridgehead atoms. The second kappa shape index (κ2) is 19.8. The van der Waals surface area contributed by atoms with Gasteiger partial charge in [-0.05, 0) is 91.4 Å². The molecule has 0 heterocycles. The van der Waals surface area contributed by atoms with Gasteiger partial charge in [-0.3, -0.25) is 0 Å². The summed E-state index contributed by atoms with van der Waals surface area (Å²) in [6.45, 7) is 40.0. The monoisotopic (exact) mass is 993 g/mol. The first-order valence-electron chi connectivity index (χ1n) is 26.6. The number of allylic oxidation sites excluding steroid dienone is 2. The molecule has 0 saturated heterocycles. The minimum Gasteiger partial charge on any atom is -0.0656 e. The summed E-state index contributed by atoms with van der Waals surface area (Å²) < 4.78 is 0. The molecule has 0 nitrogen and oxygen atoms in total. The van der Waals surface area contributed by atoms with Crippen LogP contribution >= 0.6 is 0 Å². The summed E-state index contributed by atoms with van der Waals surface area (Å²) in [6, 6.07) is 50.9. The zero-order valence-corrected chi connectivity index (χ0v) is 51.0. The maximum Gasteiger partial charge on any atom is 0.0776 e. The van der Waals surface area contributed by atoms with E-state index in [9.17, 15) is 0 Å². The van der Waals surface area contributed by atoms with Gasteiger partial charge in [-0.2, -0.15) is 0 Å². The number of fused-ring (bicyclic) bond motifs is 2. The van der Waals surface area contributed by atoms with Crippen LogP contribution in [0.3, 0.4) is 0 Å². The van der Waals surface area contributed by atoms with Gasteiger partial charge < -0.3 is 0 Å². The van der Waals surface area contributed by atoms with Gasteiger partial charge in [-0.1, -0.05) is 284 Å². The van der Waals surface area contributed by atoms with Crippen LogP contribution in [0.15, 0.2) is 132 Å². The summed E-state index contributed by atoms with van der Waals surface area (Å²) in [6.07, 6.45) is 7.72. The van der Waals surface area contributed by atoms with Crippen molar-refractivity contribution in [1.82, 2.24) is 0 Å². The fourth-order valence-electron chi connectivity index (χ4n) is 11.3. The molecule has 8 rings (SSSR count). The molecule has 2 aliphatic carbocycles. The zero-order chi connectivity index (χ0) is 49.8. The average Bonchev–Trinajstić information content (AvgIpc) is 3.80. The van der Waals surface area contributed by atoms with E-state index < -0.39 is 41.8 Å². The lowest BCUT2D eigenvalue weighted by Gasteiger charge is -2.26. The van der Waals surface area contributed by atoms with E-state index in [1.54, 1.807) is 43.0 Å². The Kier molecular flexibility index (Phi) is 14.7. The van der Waals surface area contributed by atoms with Crippen molar-refractivity contribution in [2.45, 2.75) is 143 Å². The molecular weight excluding hydrogens is 909 g/mol. The molecule has 0 fully saturated rings. The van der Waals surface area contributed by atoms with Crippen molar-refractivity contribution in [3.8, 4) is 44.5 Å². The summed E-state index contributed by atoms with van der Waals surface area (Å²) in [7, 11) is -6.91. The maximum absolute atomic E-state index is 2.70. The Hall–Kier alpha value is -4.12. The third-order valence-corrected chi connectivity index (χ3v) is 25.3. The molecule has 2 aliphatic rings. The lowest BCUT2D eigenvalue weighted by molar-refractivity contribution is 0.616. The Morgan fingerprint density at radius 1 is 0.391 bits per heavy atom. The van der Waals surface area contributed by atoms with E-state index in [4.69, 9.17) is 0 Å². The molecule has 360 valence electrons. The molecule has 0 amide bonds. The quantitative estimate of drug-likeness (QED) is 0.0848. The van der Waals surface area contributed by atoms with E-state index in [2.05, 4.69) is 240 Å². The summed E-state index contributed by atoms with van der Waals surface area (Å²) in [5.41, 5.74) is 20.7. The molecule has 2 atom stereocenters. The normalized spacial score (nSPS) is 16.4. The average molecular weight is 994 g/mol.